The minimum absolute atomic E-state index is 0. The molecule has 3 N–H and O–H groups in total. The zero-order valence-corrected chi connectivity index (χ0v) is 29.7. The van der Waals surface area contributed by atoms with Crippen LogP contribution in [0.2, 0.25) is 0 Å². The number of carbonyl (C=O) groups excluding carboxylic acids is 2. The number of Topliss-reactive ketones (excluding diaryl/α,β-unsaturated/α-hetero) is 1. The summed E-state index contributed by atoms with van der Waals surface area (Å²) in [5.74, 6) is 0.681. The Morgan fingerprint density at radius 3 is 1.98 bits per heavy atom. The number of pyridine rings is 2. The van der Waals surface area contributed by atoms with Crippen LogP contribution in [-0.4, -0.2) is 43.7 Å². The Kier molecular flexibility index (Phi) is 22.7. The van der Waals surface area contributed by atoms with Gasteiger partial charge in [-0.05, 0) is 55.5 Å². The first kappa shape index (κ1) is 39.6. The van der Waals surface area contributed by atoms with Gasteiger partial charge in [-0.1, -0.05) is 84.2 Å². The number of fused-ring (bicyclic) bond motifs is 1. The van der Waals surface area contributed by atoms with Crippen LogP contribution in [0.15, 0.2) is 112 Å². The van der Waals surface area contributed by atoms with E-state index in [0.29, 0.717) is 11.1 Å². The summed E-state index contributed by atoms with van der Waals surface area (Å²) >= 11 is 9.83. The first-order valence-corrected chi connectivity index (χ1v) is 14.5. The largest absolute Gasteiger partial charge is 1.00 e. The molecule has 5 rings (SSSR count). The van der Waals surface area contributed by atoms with E-state index in [1.165, 1.54) is 0 Å². The third-order valence-corrected chi connectivity index (χ3v) is 6.09. The smallest absolute Gasteiger partial charge is 0.662 e. The molecule has 5 aromatic rings. The van der Waals surface area contributed by atoms with Gasteiger partial charge in [-0.2, -0.15) is 0 Å². The van der Waals surface area contributed by atoms with Crippen molar-refractivity contribution in [3.8, 4) is 11.3 Å². The van der Waals surface area contributed by atoms with Crippen molar-refractivity contribution in [1.29, 1.82) is 0 Å². The van der Waals surface area contributed by atoms with Crippen molar-refractivity contribution in [2.45, 2.75) is 6.92 Å². The van der Waals surface area contributed by atoms with Gasteiger partial charge in [0.05, 0.1) is 11.0 Å². The summed E-state index contributed by atoms with van der Waals surface area (Å²) in [5, 5.41) is 16.4. The Hall–Kier alpha value is -2.42. The molecular weight excluding hydrogens is 747 g/mol. The van der Waals surface area contributed by atoms with Gasteiger partial charge < -0.3 is 25.4 Å². The molecule has 0 amide bonds. The van der Waals surface area contributed by atoms with Gasteiger partial charge in [0.2, 0.25) is 0 Å². The van der Waals surface area contributed by atoms with Crippen LogP contribution in [0.25, 0.3) is 16.9 Å². The molecule has 0 radical (unpaired) electrons. The summed E-state index contributed by atoms with van der Waals surface area (Å²) in [4.78, 5) is 30.6. The van der Waals surface area contributed by atoms with Gasteiger partial charge in [0, 0.05) is 45.3 Å². The number of hydrogen-bond donors (Lipinski definition) is 2. The Labute approximate surface area is 291 Å². The maximum absolute atomic E-state index is 11.1. The monoisotopic (exact) mass is 772 g/mol. The van der Waals surface area contributed by atoms with Crippen molar-refractivity contribution in [2.75, 3.05) is 17.7 Å². The zero-order chi connectivity index (χ0) is 30.5. The third-order valence-electron chi connectivity index (χ3n) is 4.52. The third kappa shape index (κ3) is 16.3. The van der Waals surface area contributed by atoms with E-state index in [9.17, 15) is 4.79 Å². The molecule has 0 saturated heterocycles. The van der Waals surface area contributed by atoms with Crippen molar-refractivity contribution in [1.82, 2.24) is 14.4 Å². The molecule has 9 nitrogen and oxygen atoms in total. The predicted molar refractivity (Wildman–Crippen MR) is 169 cm³/mol. The van der Waals surface area contributed by atoms with E-state index in [1.54, 1.807) is 31.3 Å². The second-order valence-electron chi connectivity index (χ2n) is 7.43. The van der Waals surface area contributed by atoms with Gasteiger partial charge in [-0.25, -0.2) is 9.97 Å². The van der Waals surface area contributed by atoms with Crippen LogP contribution < -0.4 is 40.5 Å². The number of anilines is 1. The number of alkyl halides is 1. The molecule has 3 aromatic heterocycles. The SMILES string of the molecule is Brc1ccc(-c2cn3ccccc3n2)cc1.CCO.Nc1ccccn1.O=C(CBr)c1ccc(Br)cc1.O=CO[O-].[Na+]. The number of nitrogens with two attached hydrogens (primary N) is 1. The van der Waals surface area contributed by atoms with Crippen molar-refractivity contribution >= 4 is 71.5 Å². The number of aliphatic hydroxyl groups is 1. The fourth-order valence-electron chi connectivity index (χ4n) is 2.78. The number of nitrogen functional groups attached to an aromatic ring is 1. The summed E-state index contributed by atoms with van der Waals surface area (Å²) in [6.45, 7) is 1.75. The number of ketones is 1. The maximum atomic E-state index is 11.1. The number of halogens is 3. The van der Waals surface area contributed by atoms with Crippen LogP contribution in [0, 0.1) is 0 Å². The zero-order valence-electron chi connectivity index (χ0n) is 22.9. The number of imidazole rings is 1. The number of aliphatic hydroxyl groups excluding tert-OH is 1. The molecule has 0 saturated carbocycles. The molecule has 0 aliphatic carbocycles. The minimum Gasteiger partial charge on any atom is -0.662 e. The number of nitrogens with zero attached hydrogens (tertiary/aromatic N) is 3. The van der Waals surface area contributed by atoms with E-state index < -0.39 is 0 Å². The average Bonchev–Trinajstić information content (AvgIpc) is 3.44. The van der Waals surface area contributed by atoms with Crippen molar-refractivity contribution in [2.24, 2.45) is 0 Å². The predicted octanol–water partition coefficient (Wildman–Crippen LogP) is 2.89. The average molecular weight is 775 g/mol. The number of carbonyl (C=O) groups is 2. The molecule has 0 atom stereocenters. The molecular formula is C29H28Br3N4NaO5. The van der Waals surface area contributed by atoms with Crippen LogP contribution in [0.4, 0.5) is 5.82 Å². The topological polar surface area (TPSA) is 143 Å². The number of rotatable bonds is 4. The second-order valence-corrected chi connectivity index (χ2v) is 9.82. The molecule has 0 aliphatic heterocycles. The fraction of sp³-hybridized carbons (Fsp3) is 0.103. The number of aromatic nitrogens is 3. The molecule has 0 spiro atoms. The van der Waals surface area contributed by atoms with E-state index in [-0.39, 0.29) is 48.4 Å². The Balaban J connectivity index is 0.000000565. The Morgan fingerprint density at radius 2 is 1.55 bits per heavy atom. The van der Waals surface area contributed by atoms with Crippen molar-refractivity contribution in [3.05, 3.63) is 118 Å². The van der Waals surface area contributed by atoms with Gasteiger partial charge in [-0.15, -0.1) is 0 Å². The molecule has 2 aromatic carbocycles. The number of hydrogen-bond acceptors (Lipinski definition) is 8. The molecule has 42 heavy (non-hydrogen) atoms. The maximum Gasteiger partial charge on any atom is 1.00 e. The van der Waals surface area contributed by atoms with E-state index in [4.69, 9.17) is 20.9 Å². The van der Waals surface area contributed by atoms with Crippen LogP contribution in [-0.2, 0) is 9.68 Å². The summed E-state index contributed by atoms with van der Waals surface area (Å²) in [6.07, 6.45) is 5.71. The van der Waals surface area contributed by atoms with Crippen LogP contribution in [0.5, 0.6) is 0 Å². The Morgan fingerprint density at radius 1 is 1.00 bits per heavy atom. The molecule has 0 aliphatic rings. The molecule has 216 valence electrons. The van der Waals surface area contributed by atoms with Gasteiger partial charge in [0.25, 0.3) is 6.47 Å². The van der Waals surface area contributed by atoms with E-state index in [1.807, 2.05) is 71.4 Å². The summed E-state index contributed by atoms with van der Waals surface area (Å²) in [6, 6.07) is 26.9. The van der Waals surface area contributed by atoms with Crippen LogP contribution in [0.1, 0.15) is 17.3 Å². The standard InChI is InChI=1S/C13H9BrN2.C8H6Br2O.C5H6N2.C2H6O.CH2O3.Na/c14-11-6-4-10(5-7-11)12-9-16-8-2-1-3-13(16)15-12;9-5-8(11)6-1-3-7(10)4-2-6;6-5-3-1-2-4-7-5;1-2-3;2-1-4-3;/h1-9H;1-4H,5H2;1-4H,(H2,6,7);3H,2H2,1H3;1,3H;/q;;;;;+1/p-1. The van der Waals surface area contributed by atoms with Crippen molar-refractivity contribution < 1.29 is 54.4 Å². The summed E-state index contributed by atoms with van der Waals surface area (Å²) in [5.41, 5.74) is 9.09. The van der Waals surface area contributed by atoms with E-state index in [0.717, 1.165) is 31.4 Å². The molecule has 13 heteroatoms. The quantitative estimate of drug-likeness (QED) is 0.0710. The Bertz CT molecular complexity index is 1390. The van der Waals surface area contributed by atoms with Gasteiger partial charge >= 0.3 is 29.6 Å². The summed E-state index contributed by atoms with van der Waals surface area (Å²) < 4.78 is 4.10. The normalized spacial score (nSPS) is 9.00. The first-order valence-electron chi connectivity index (χ1n) is 11.8. The molecule has 0 fully saturated rings. The first-order chi connectivity index (χ1) is 19.8. The van der Waals surface area contributed by atoms with Crippen LogP contribution in [0.3, 0.4) is 0 Å². The van der Waals surface area contributed by atoms with Gasteiger partial charge in [-0.3, -0.25) is 9.59 Å². The molecule has 0 unspecified atom stereocenters. The van der Waals surface area contributed by atoms with Gasteiger partial charge in [0.15, 0.2) is 5.78 Å². The summed E-state index contributed by atoms with van der Waals surface area (Å²) in [7, 11) is 0. The van der Waals surface area contributed by atoms with E-state index >= 15 is 0 Å². The van der Waals surface area contributed by atoms with Crippen LogP contribution >= 0.6 is 47.8 Å². The fourth-order valence-corrected chi connectivity index (χ4v) is 3.64. The van der Waals surface area contributed by atoms with Crippen molar-refractivity contribution in [3.63, 3.8) is 0 Å². The number of benzene rings is 2. The minimum atomic E-state index is -0.181. The van der Waals surface area contributed by atoms with E-state index in [2.05, 4.69) is 74.8 Å². The van der Waals surface area contributed by atoms with Gasteiger partial charge in [0.1, 0.15) is 11.5 Å². The second kappa shape index (κ2) is 24.1. The molecule has 3 heterocycles. The molecule has 0 bridgehead atoms.